The van der Waals surface area contributed by atoms with Gasteiger partial charge in [-0.3, -0.25) is 4.79 Å². The van der Waals surface area contributed by atoms with Gasteiger partial charge in [-0.15, -0.1) is 0 Å². The highest BCUT2D eigenvalue weighted by Gasteiger charge is 2.12. The van der Waals surface area contributed by atoms with Gasteiger partial charge in [0, 0.05) is 29.1 Å². The van der Waals surface area contributed by atoms with Gasteiger partial charge in [0.2, 0.25) is 0 Å². The molecule has 3 rings (SSSR count). The maximum atomic E-state index is 11.2. The molecule has 0 radical (unpaired) electrons. The fraction of sp³-hybridized carbons (Fsp3) is 0.333. The van der Waals surface area contributed by atoms with Crippen molar-refractivity contribution in [1.29, 1.82) is 0 Å². The maximum absolute atomic E-state index is 11.2. The summed E-state index contributed by atoms with van der Waals surface area (Å²) in [4.78, 5) is 13.7. The molecule has 0 bridgehead atoms. The first-order chi connectivity index (χ1) is 12.8. The van der Waals surface area contributed by atoms with Crippen molar-refractivity contribution in [3.63, 3.8) is 0 Å². The van der Waals surface area contributed by atoms with Crippen LogP contribution >= 0.6 is 35.1 Å². The third-order valence-electron chi connectivity index (χ3n) is 3.06. The number of nitrogens with zero attached hydrogens (tertiary/aromatic N) is 1. The molecule has 0 aliphatic heterocycles. The number of H-pyrrole nitrogens is 1. The van der Waals surface area contributed by atoms with E-state index in [1.54, 1.807) is 12.1 Å². The van der Waals surface area contributed by atoms with Crippen molar-refractivity contribution in [3.8, 4) is 5.75 Å². The van der Waals surface area contributed by atoms with E-state index in [4.69, 9.17) is 32.5 Å². The van der Waals surface area contributed by atoms with Crippen LogP contribution in [0, 0.1) is 5.92 Å². The van der Waals surface area contributed by atoms with Crippen LogP contribution < -0.4 is 15.0 Å². The summed E-state index contributed by atoms with van der Waals surface area (Å²) in [6.07, 6.45) is 3.33. The maximum Gasteiger partial charge on any atom is 0.266 e. The van der Waals surface area contributed by atoms with Crippen LogP contribution in [-0.2, 0) is 6.61 Å². The normalized spacial score (nSPS) is 10.6. The van der Waals surface area contributed by atoms with Gasteiger partial charge in [-0.1, -0.05) is 61.1 Å². The summed E-state index contributed by atoms with van der Waals surface area (Å²) >= 11 is 13.5. The van der Waals surface area contributed by atoms with Crippen LogP contribution in [-0.4, -0.2) is 16.4 Å². The topological polar surface area (TPSA) is 80.2 Å². The van der Waals surface area contributed by atoms with Gasteiger partial charge in [0.05, 0.1) is 5.39 Å². The van der Waals surface area contributed by atoms with Crippen LogP contribution in [0.1, 0.15) is 26.3 Å². The van der Waals surface area contributed by atoms with E-state index in [1.165, 1.54) is 24.2 Å². The number of anilines is 1. The number of fused-ring (bicyclic) bond motifs is 1. The Labute approximate surface area is 171 Å². The van der Waals surface area contributed by atoms with Crippen molar-refractivity contribution in [3.05, 3.63) is 50.4 Å². The van der Waals surface area contributed by atoms with Gasteiger partial charge < -0.3 is 19.0 Å². The Hall–Kier alpha value is -1.83. The summed E-state index contributed by atoms with van der Waals surface area (Å²) in [7, 11) is 0. The summed E-state index contributed by atoms with van der Waals surface area (Å²) in [5.74, 6) is 1.89. The number of pyridine rings is 1. The van der Waals surface area contributed by atoms with Crippen molar-refractivity contribution < 1.29 is 9.26 Å². The quantitative estimate of drug-likeness (QED) is 0.502. The fourth-order valence-corrected chi connectivity index (χ4v) is 2.68. The molecule has 0 unspecified atom stereocenters. The zero-order valence-electron chi connectivity index (χ0n) is 15.4. The summed E-state index contributed by atoms with van der Waals surface area (Å²) < 4.78 is 13.9. The average molecular weight is 430 g/mol. The Morgan fingerprint density at radius 3 is 2.59 bits per heavy atom. The van der Waals surface area contributed by atoms with Gasteiger partial charge in [0.25, 0.3) is 5.56 Å². The van der Waals surface area contributed by atoms with Crippen LogP contribution in [0.3, 0.4) is 0 Å². The summed E-state index contributed by atoms with van der Waals surface area (Å²) in [6, 6.07) is 4.98. The van der Waals surface area contributed by atoms with E-state index in [0.717, 1.165) is 16.9 Å². The number of rotatable bonds is 5. The molecule has 2 aromatic heterocycles. The Bertz CT molecular complexity index is 954. The molecule has 3 aromatic rings. The highest BCUT2D eigenvalue weighted by atomic mass is 35.5. The van der Waals surface area contributed by atoms with E-state index in [9.17, 15) is 4.79 Å². The Morgan fingerprint density at radius 1 is 1.26 bits per heavy atom. The molecule has 9 heteroatoms. The number of ether oxygens (including phenoxy) is 1. The SMILES string of the molecule is CC(C)C.CSNc1noc2cc(COc3c[nH]c(=O)c(Cl)c3)c(Cl)cc12. The second-order valence-corrected chi connectivity index (χ2v) is 7.74. The minimum absolute atomic E-state index is 0.0621. The predicted molar refractivity (Wildman–Crippen MR) is 113 cm³/mol. The van der Waals surface area contributed by atoms with Gasteiger partial charge in [-0.25, -0.2) is 0 Å². The van der Waals surface area contributed by atoms with E-state index in [1.807, 2.05) is 6.26 Å². The van der Waals surface area contributed by atoms with Gasteiger partial charge >= 0.3 is 0 Å². The minimum atomic E-state index is -0.367. The number of benzene rings is 1. The Balaban J connectivity index is 0.000000596. The van der Waals surface area contributed by atoms with E-state index in [0.29, 0.717) is 22.2 Å². The monoisotopic (exact) mass is 429 g/mol. The highest BCUT2D eigenvalue weighted by Crippen LogP contribution is 2.30. The van der Waals surface area contributed by atoms with Crippen LogP contribution in [0.25, 0.3) is 11.0 Å². The lowest BCUT2D eigenvalue weighted by atomic mass is 10.2. The van der Waals surface area contributed by atoms with Gasteiger partial charge in [0.1, 0.15) is 17.4 Å². The summed E-state index contributed by atoms with van der Waals surface area (Å²) in [6.45, 7) is 6.70. The largest absolute Gasteiger partial charge is 0.487 e. The molecule has 2 N–H and O–H groups in total. The van der Waals surface area contributed by atoms with Crippen molar-refractivity contribution in [2.75, 3.05) is 11.0 Å². The second-order valence-electron chi connectivity index (χ2n) is 6.31. The molecule has 0 aliphatic carbocycles. The lowest BCUT2D eigenvalue weighted by molar-refractivity contribution is 0.305. The number of hydrogen-bond donors (Lipinski definition) is 2. The van der Waals surface area contributed by atoms with Gasteiger partial charge in [-0.05, 0) is 18.1 Å². The number of nitrogens with one attached hydrogen (secondary N) is 2. The second kappa shape index (κ2) is 9.92. The zero-order valence-corrected chi connectivity index (χ0v) is 17.8. The molecular formula is C18H21Cl2N3O3S. The predicted octanol–water partition coefficient (Wildman–Crippen LogP) is 5.75. The smallest absolute Gasteiger partial charge is 0.266 e. The van der Waals surface area contributed by atoms with Gasteiger partial charge in [0.15, 0.2) is 11.4 Å². The van der Waals surface area contributed by atoms with Crippen LogP contribution in [0.5, 0.6) is 5.75 Å². The number of aromatic nitrogens is 2. The van der Waals surface area contributed by atoms with Crippen LogP contribution in [0.15, 0.2) is 33.7 Å². The van der Waals surface area contributed by atoms with E-state index >= 15 is 0 Å². The Kier molecular flexibility index (Phi) is 7.89. The summed E-state index contributed by atoms with van der Waals surface area (Å²) in [5.41, 5.74) is 0.964. The molecule has 0 amide bonds. The van der Waals surface area contributed by atoms with Gasteiger partial charge in [-0.2, -0.15) is 0 Å². The first-order valence-electron chi connectivity index (χ1n) is 8.19. The summed E-state index contributed by atoms with van der Waals surface area (Å²) in [5, 5.41) is 5.33. The first-order valence-corrected chi connectivity index (χ1v) is 10.2. The molecule has 0 fully saturated rings. The molecule has 0 saturated carbocycles. The number of aromatic amines is 1. The molecular weight excluding hydrogens is 409 g/mol. The minimum Gasteiger partial charge on any atom is -0.487 e. The standard InChI is InChI=1S/C14H11Cl2N3O3S.C4H10/c1-23-19-13-9-4-10(15)7(2-12(9)22-18-13)6-21-8-3-11(16)14(20)17-5-8;1-4(2)3/h2-5H,6H2,1H3,(H,17,20)(H,18,19);4H,1-3H3. The van der Waals surface area contributed by atoms with E-state index in [-0.39, 0.29) is 17.2 Å². The molecule has 27 heavy (non-hydrogen) atoms. The highest BCUT2D eigenvalue weighted by molar-refractivity contribution is 7.99. The Morgan fingerprint density at radius 2 is 1.96 bits per heavy atom. The number of hydrogen-bond acceptors (Lipinski definition) is 6. The van der Waals surface area contributed by atoms with Crippen molar-refractivity contribution in [2.45, 2.75) is 27.4 Å². The third-order valence-corrected chi connectivity index (χ3v) is 4.09. The fourth-order valence-electron chi connectivity index (χ4n) is 1.96. The third kappa shape index (κ3) is 6.09. The van der Waals surface area contributed by atoms with E-state index in [2.05, 4.69) is 35.6 Å². The van der Waals surface area contributed by atoms with Crippen molar-refractivity contribution >= 4 is 51.9 Å². The van der Waals surface area contributed by atoms with E-state index < -0.39 is 0 Å². The average Bonchev–Trinajstić information content (AvgIpc) is 2.97. The lowest BCUT2D eigenvalue weighted by Gasteiger charge is -2.08. The molecule has 0 aliphatic rings. The zero-order chi connectivity index (χ0) is 20.0. The molecule has 2 heterocycles. The molecule has 146 valence electrons. The van der Waals surface area contributed by atoms with Crippen molar-refractivity contribution in [1.82, 2.24) is 10.1 Å². The molecule has 6 nitrogen and oxygen atoms in total. The first kappa shape index (κ1) is 21.5. The van der Waals surface area contributed by atoms with Crippen LogP contribution in [0.2, 0.25) is 10.0 Å². The number of halogens is 2. The van der Waals surface area contributed by atoms with Crippen LogP contribution in [0.4, 0.5) is 5.82 Å². The molecule has 0 saturated heterocycles. The molecule has 0 atom stereocenters. The molecule has 1 aromatic carbocycles. The lowest BCUT2D eigenvalue weighted by Crippen LogP contribution is -2.06. The van der Waals surface area contributed by atoms with Crippen molar-refractivity contribution in [2.24, 2.45) is 5.92 Å². The molecule has 0 spiro atoms.